The molecule has 1 aliphatic carbocycles. The van der Waals surface area contributed by atoms with Crippen molar-refractivity contribution in [2.45, 2.75) is 51.7 Å². The number of methoxy groups -OCH3 is 1. The number of nitrogens with one attached hydrogen (secondary N) is 1. The van der Waals surface area contributed by atoms with E-state index in [1.165, 1.54) is 15.7 Å². The van der Waals surface area contributed by atoms with Crippen LogP contribution in [0.2, 0.25) is 0 Å². The van der Waals surface area contributed by atoms with Crippen molar-refractivity contribution in [2.24, 2.45) is 0 Å². The number of aryl methyl sites for hydroxylation is 1. The van der Waals surface area contributed by atoms with Gasteiger partial charge in [-0.3, -0.25) is 4.79 Å². The molecule has 0 radical (unpaired) electrons. The average molecular weight is 397 g/mol. The van der Waals surface area contributed by atoms with Crippen LogP contribution in [0.5, 0.6) is 0 Å². The Balaban J connectivity index is 1.58. The molecule has 3 aromatic rings. The lowest BCUT2D eigenvalue weighted by Gasteiger charge is -2.32. The molecule has 2 aromatic heterocycles. The summed E-state index contributed by atoms with van der Waals surface area (Å²) < 4.78 is 12.7. The first-order valence-electron chi connectivity index (χ1n) is 10.5. The topological polar surface area (TPSA) is 84.9 Å². The van der Waals surface area contributed by atoms with E-state index in [0.29, 0.717) is 17.8 Å². The van der Waals surface area contributed by atoms with Gasteiger partial charge < -0.3 is 19.5 Å². The molecule has 5 rings (SSSR count). The maximum atomic E-state index is 13.1. The zero-order chi connectivity index (χ0) is 20.0. The van der Waals surface area contributed by atoms with Gasteiger partial charge in [0.15, 0.2) is 5.58 Å². The molecule has 8 heteroatoms. The van der Waals surface area contributed by atoms with Crippen LogP contribution in [0.15, 0.2) is 15.4 Å². The summed E-state index contributed by atoms with van der Waals surface area (Å²) in [6.07, 6.45) is 5.31. The van der Waals surface area contributed by atoms with Crippen LogP contribution in [-0.2, 0) is 24.2 Å². The van der Waals surface area contributed by atoms with E-state index in [0.717, 1.165) is 62.7 Å². The molecule has 1 aromatic carbocycles. The van der Waals surface area contributed by atoms with E-state index < -0.39 is 0 Å². The summed E-state index contributed by atoms with van der Waals surface area (Å²) in [7, 11) is 1.69. The van der Waals surface area contributed by atoms with E-state index in [1.807, 2.05) is 0 Å². The molecule has 0 amide bonds. The molecule has 1 atom stereocenters. The largest absolute Gasteiger partial charge is 0.380 e. The fourth-order valence-corrected chi connectivity index (χ4v) is 4.87. The lowest BCUT2D eigenvalue weighted by molar-refractivity contribution is 0.185. The third-order valence-electron chi connectivity index (χ3n) is 6.30. The zero-order valence-electron chi connectivity index (χ0n) is 17.0. The van der Waals surface area contributed by atoms with Gasteiger partial charge in [-0.2, -0.15) is 0 Å². The number of piperidine rings is 1. The number of aromatic nitrogens is 3. The van der Waals surface area contributed by atoms with Crippen molar-refractivity contribution in [1.82, 2.24) is 19.7 Å². The molecule has 1 fully saturated rings. The highest BCUT2D eigenvalue weighted by molar-refractivity contribution is 5.95. The van der Waals surface area contributed by atoms with Gasteiger partial charge in [0, 0.05) is 19.7 Å². The summed E-state index contributed by atoms with van der Waals surface area (Å²) in [6.45, 7) is 5.66. The molecule has 0 saturated carbocycles. The van der Waals surface area contributed by atoms with Crippen LogP contribution in [0.25, 0.3) is 16.6 Å². The molecule has 1 saturated heterocycles. The van der Waals surface area contributed by atoms with Crippen LogP contribution < -0.4 is 10.9 Å². The van der Waals surface area contributed by atoms with Gasteiger partial charge in [-0.15, -0.1) is 14.8 Å². The van der Waals surface area contributed by atoms with Crippen molar-refractivity contribution in [2.75, 3.05) is 32.1 Å². The number of rotatable bonds is 5. The van der Waals surface area contributed by atoms with Gasteiger partial charge in [-0.05, 0) is 68.0 Å². The van der Waals surface area contributed by atoms with Crippen LogP contribution in [0.1, 0.15) is 42.9 Å². The average Bonchev–Trinajstić information content (AvgIpc) is 3.35. The Morgan fingerprint density at radius 3 is 3.03 bits per heavy atom. The molecule has 1 N–H and O–H groups in total. The fraction of sp³-hybridized carbons (Fsp3) is 0.571. The van der Waals surface area contributed by atoms with Crippen LogP contribution in [0.4, 0.5) is 5.82 Å². The van der Waals surface area contributed by atoms with E-state index in [-0.39, 0.29) is 17.4 Å². The number of anilines is 1. The monoisotopic (exact) mass is 397 g/mol. The van der Waals surface area contributed by atoms with Gasteiger partial charge in [-0.1, -0.05) is 6.92 Å². The Morgan fingerprint density at radius 1 is 1.31 bits per heavy atom. The van der Waals surface area contributed by atoms with E-state index in [4.69, 9.17) is 9.26 Å². The van der Waals surface area contributed by atoms with Crippen molar-refractivity contribution in [3.63, 3.8) is 0 Å². The normalized spacial score (nSPS) is 19.9. The van der Waals surface area contributed by atoms with Crippen molar-refractivity contribution in [3.05, 3.63) is 33.1 Å². The van der Waals surface area contributed by atoms with E-state index in [9.17, 15) is 4.79 Å². The zero-order valence-corrected chi connectivity index (χ0v) is 17.0. The Bertz CT molecular complexity index is 1120. The minimum atomic E-state index is -0.289. The first kappa shape index (κ1) is 18.6. The smallest absolute Gasteiger partial charge is 0.330 e. The van der Waals surface area contributed by atoms with Crippen LogP contribution in [0.3, 0.4) is 0 Å². The summed E-state index contributed by atoms with van der Waals surface area (Å²) in [6, 6.07) is 2.25. The number of fused-ring (bicyclic) bond motifs is 4. The number of nitrogens with zero attached hydrogens (tertiary/aromatic N) is 4. The summed E-state index contributed by atoms with van der Waals surface area (Å²) in [5, 5.41) is 12.8. The van der Waals surface area contributed by atoms with E-state index in [2.05, 4.69) is 33.4 Å². The van der Waals surface area contributed by atoms with Gasteiger partial charge in [0.05, 0.1) is 12.0 Å². The van der Waals surface area contributed by atoms with Crippen LogP contribution in [0, 0.1) is 0 Å². The second kappa shape index (κ2) is 7.42. The summed E-state index contributed by atoms with van der Waals surface area (Å²) in [4.78, 5) is 15.5. The van der Waals surface area contributed by atoms with Crippen molar-refractivity contribution in [3.8, 4) is 0 Å². The number of hydrogen-bond donors (Lipinski definition) is 1. The Kier molecular flexibility index (Phi) is 4.75. The summed E-state index contributed by atoms with van der Waals surface area (Å²) in [5.74, 6) is 0.255. The van der Waals surface area contributed by atoms with Crippen molar-refractivity contribution < 1.29 is 9.26 Å². The molecule has 0 bridgehead atoms. The second-order valence-electron chi connectivity index (χ2n) is 8.09. The maximum absolute atomic E-state index is 13.1. The number of likely N-dealkylation sites (tertiary alicyclic amines) is 1. The van der Waals surface area contributed by atoms with Crippen molar-refractivity contribution >= 4 is 22.4 Å². The minimum absolute atomic E-state index is 0.195. The highest BCUT2D eigenvalue weighted by Gasteiger charge is 2.25. The molecule has 8 nitrogen and oxygen atoms in total. The Hall–Kier alpha value is -2.45. The molecule has 29 heavy (non-hydrogen) atoms. The van der Waals surface area contributed by atoms with Crippen molar-refractivity contribution in [1.29, 1.82) is 0 Å². The Morgan fingerprint density at radius 2 is 2.21 bits per heavy atom. The van der Waals surface area contributed by atoms with Gasteiger partial charge in [0.1, 0.15) is 0 Å². The molecular formula is C21H27N5O3. The Labute approximate surface area is 168 Å². The third kappa shape index (κ3) is 3.11. The van der Waals surface area contributed by atoms with E-state index in [1.54, 1.807) is 7.11 Å². The van der Waals surface area contributed by atoms with Gasteiger partial charge >= 0.3 is 5.56 Å². The molecule has 3 heterocycles. The summed E-state index contributed by atoms with van der Waals surface area (Å²) >= 11 is 0. The molecule has 0 unspecified atom stereocenters. The maximum Gasteiger partial charge on any atom is 0.330 e. The number of ether oxygens (including phenoxy) is 1. The number of hydrogen-bond acceptors (Lipinski definition) is 7. The first-order chi connectivity index (χ1) is 14.2. The molecule has 154 valence electrons. The predicted molar refractivity (Wildman–Crippen MR) is 111 cm³/mol. The molecule has 2 aliphatic rings. The summed E-state index contributed by atoms with van der Waals surface area (Å²) in [5.41, 5.74) is 4.52. The first-order valence-corrected chi connectivity index (χ1v) is 10.5. The predicted octanol–water partition coefficient (Wildman–Crippen LogP) is 2.37. The standard InChI is InChI=1S/C21H27N5O3/c1-3-25-9-5-7-14(11-25)22-19-21(27)26-20(24-23-19)18-16(12-28-2)15-8-4-6-13(15)10-17(18)29-26/h10,14H,3-9,11-12H2,1-2H3,(H,22,23)/t14-/m1/s1. The quantitative estimate of drug-likeness (QED) is 0.707. The third-order valence-corrected chi connectivity index (χ3v) is 6.30. The highest BCUT2D eigenvalue weighted by atomic mass is 16.5. The SMILES string of the molecule is CCN1CCC[C@@H](Nc2nnc3c4c(COC)c5c(cc4on3c2=O)CCC5)C1. The van der Waals surface area contributed by atoms with Gasteiger partial charge in [0.2, 0.25) is 11.5 Å². The van der Waals surface area contributed by atoms with Crippen LogP contribution in [-0.4, -0.2) is 52.5 Å². The van der Waals surface area contributed by atoms with Crippen LogP contribution >= 0.6 is 0 Å². The lowest BCUT2D eigenvalue weighted by atomic mass is 10.00. The van der Waals surface area contributed by atoms with Gasteiger partial charge in [-0.25, -0.2) is 0 Å². The number of likely N-dealkylation sites (N-methyl/N-ethyl adjacent to an activating group) is 1. The number of benzene rings is 1. The fourth-order valence-electron chi connectivity index (χ4n) is 4.87. The minimum Gasteiger partial charge on any atom is -0.380 e. The molecule has 1 aliphatic heterocycles. The second-order valence-corrected chi connectivity index (χ2v) is 8.09. The lowest BCUT2D eigenvalue weighted by Crippen LogP contribution is -2.43. The molecule has 0 spiro atoms. The molecular weight excluding hydrogens is 370 g/mol. The van der Waals surface area contributed by atoms with Gasteiger partial charge in [0.25, 0.3) is 0 Å². The highest BCUT2D eigenvalue weighted by Crippen LogP contribution is 2.35. The van der Waals surface area contributed by atoms with E-state index >= 15 is 0 Å².